The fraction of sp³-hybridized carbons (Fsp3) is 0.280. The number of aromatic nitrogens is 1. The SMILES string of the molecule is NC(=O)c1nsc(C(=O)N(c2ccc3c(c2)OCO3)[C@H](C(=O)NC2CCCC2)c2ccc(O)cc2)c1N. The van der Waals surface area contributed by atoms with Gasteiger partial charge in [-0.1, -0.05) is 25.0 Å². The highest BCUT2D eigenvalue weighted by atomic mass is 32.1. The standard InChI is InChI=1S/C25H25N5O6S/c26-19-20(23(27)32)29-37-22(19)25(34)30(15-7-10-17-18(11-15)36-12-35-17)21(13-5-8-16(31)9-6-13)24(33)28-14-3-1-2-4-14/h5-11,14,21,31H,1-4,12,26H2,(H2,27,32)(H,28,33)/t21-/m0/s1. The first-order chi connectivity index (χ1) is 17.8. The highest BCUT2D eigenvalue weighted by Gasteiger charge is 2.37. The second-order valence-electron chi connectivity index (χ2n) is 8.83. The van der Waals surface area contributed by atoms with Gasteiger partial charge in [-0.2, -0.15) is 4.37 Å². The van der Waals surface area contributed by atoms with Gasteiger partial charge in [-0.15, -0.1) is 0 Å². The number of nitrogens with two attached hydrogens (primary N) is 2. The summed E-state index contributed by atoms with van der Waals surface area (Å²) >= 11 is 0.726. The lowest BCUT2D eigenvalue weighted by Crippen LogP contribution is -2.46. The zero-order valence-electron chi connectivity index (χ0n) is 19.7. The number of fused-ring (bicyclic) bond motifs is 1. The van der Waals surface area contributed by atoms with Crippen molar-refractivity contribution in [1.29, 1.82) is 0 Å². The molecule has 3 amide bonds. The molecule has 0 spiro atoms. The summed E-state index contributed by atoms with van der Waals surface area (Å²) in [4.78, 5) is 40.9. The zero-order chi connectivity index (χ0) is 26.1. The van der Waals surface area contributed by atoms with Crippen molar-refractivity contribution in [1.82, 2.24) is 9.69 Å². The van der Waals surface area contributed by atoms with E-state index in [1.807, 2.05) is 0 Å². The van der Waals surface area contributed by atoms with E-state index < -0.39 is 23.8 Å². The predicted molar refractivity (Wildman–Crippen MR) is 136 cm³/mol. The number of ether oxygens (including phenoxy) is 2. The quantitative estimate of drug-likeness (QED) is 0.366. The number of anilines is 2. The molecule has 0 unspecified atom stereocenters. The Kier molecular flexibility index (Phi) is 6.57. The van der Waals surface area contributed by atoms with Crippen LogP contribution in [0.2, 0.25) is 0 Å². The number of aromatic hydroxyl groups is 1. The van der Waals surface area contributed by atoms with Gasteiger partial charge in [0, 0.05) is 17.8 Å². The number of nitrogens with zero attached hydrogens (tertiary/aromatic N) is 2. The molecule has 1 atom stereocenters. The van der Waals surface area contributed by atoms with E-state index in [9.17, 15) is 19.5 Å². The highest BCUT2D eigenvalue weighted by molar-refractivity contribution is 7.09. The summed E-state index contributed by atoms with van der Waals surface area (Å²) in [6.45, 7) is 0.0278. The molecule has 2 aromatic carbocycles. The van der Waals surface area contributed by atoms with E-state index in [2.05, 4.69) is 9.69 Å². The lowest BCUT2D eigenvalue weighted by atomic mass is 10.0. The largest absolute Gasteiger partial charge is 0.508 e. The summed E-state index contributed by atoms with van der Waals surface area (Å²) in [5.41, 5.74) is 11.9. The van der Waals surface area contributed by atoms with E-state index in [0.717, 1.165) is 37.2 Å². The summed E-state index contributed by atoms with van der Waals surface area (Å²) in [6, 6.07) is 9.75. The molecule has 1 aliphatic carbocycles. The number of amides is 3. The van der Waals surface area contributed by atoms with Gasteiger partial charge in [-0.25, -0.2) is 0 Å². The Morgan fingerprint density at radius 1 is 1.08 bits per heavy atom. The van der Waals surface area contributed by atoms with Gasteiger partial charge in [0.2, 0.25) is 12.7 Å². The number of phenols is 1. The minimum atomic E-state index is -1.15. The van der Waals surface area contributed by atoms with Gasteiger partial charge < -0.3 is 31.4 Å². The molecular weight excluding hydrogens is 498 g/mol. The van der Waals surface area contributed by atoms with E-state index in [1.54, 1.807) is 30.3 Å². The Morgan fingerprint density at radius 2 is 1.78 bits per heavy atom. The van der Waals surface area contributed by atoms with Gasteiger partial charge >= 0.3 is 0 Å². The van der Waals surface area contributed by atoms with Crippen molar-refractivity contribution in [3.05, 3.63) is 58.6 Å². The first-order valence-corrected chi connectivity index (χ1v) is 12.5. The second kappa shape index (κ2) is 9.97. The molecule has 2 heterocycles. The molecule has 11 nitrogen and oxygen atoms in total. The monoisotopic (exact) mass is 523 g/mol. The Bertz CT molecular complexity index is 1350. The molecule has 192 valence electrons. The molecular formula is C25H25N5O6S. The van der Waals surface area contributed by atoms with Crippen LogP contribution >= 0.6 is 11.5 Å². The number of nitrogens with one attached hydrogen (secondary N) is 1. The number of benzene rings is 2. The summed E-state index contributed by atoms with van der Waals surface area (Å²) in [7, 11) is 0. The fourth-order valence-corrected chi connectivity index (χ4v) is 5.32. The number of primary amides is 1. The number of carbonyl (C=O) groups is 3. The first-order valence-electron chi connectivity index (χ1n) is 11.7. The van der Waals surface area contributed by atoms with Gasteiger partial charge in [-0.3, -0.25) is 19.3 Å². The van der Waals surface area contributed by atoms with E-state index in [4.69, 9.17) is 20.9 Å². The molecule has 6 N–H and O–H groups in total. The van der Waals surface area contributed by atoms with Crippen molar-refractivity contribution in [2.24, 2.45) is 5.73 Å². The van der Waals surface area contributed by atoms with Crippen LogP contribution in [0, 0.1) is 0 Å². The number of carbonyl (C=O) groups excluding carboxylic acids is 3. The Labute approximate surface area is 216 Å². The Morgan fingerprint density at radius 3 is 2.46 bits per heavy atom. The van der Waals surface area contributed by atoms with Gasteiger partial charge in [0.1, 0.15) is 16.7 Å². The summed E-state index contributed by atoms with van der Waals surface area (Å²) in [5.74, 6) is -0.996. The maximum Gasteiger partial charge on any atom is 0.273 e. The first kappa shape index (κ1) is 24.4. The van der Waals surface area contributed by atoms with Crippen molar-refractivity contribution in [2.45, 2.75) is 37.8 Å². The van der Waals surface area contributed by atoms with E-state index in [-0.39, 0.29) is 34.8 Å². The van der Waals surface area contributed by atoms with Crippen molar-refractivity contribution < 1.29 is 29.0 Å². The lowest BCUT2D eigenvalue weighted by Gasteiger charge is -2.32. The molecule has 0 radical (unpaired) electrons. The molecule has 0 bridgehead atoms. The van der Waals surface area contributed by atoms with Gasteiger partial charge in [0.15, 0.2) is 17.2 Å². The average Bonchev–Trinajstić information content (AvgIpc) is 3.63. The maximum atomic E-state index is 14.1. The molecule has 0 saturated heterocycles. The predicted octanol–water partition coefficient (Wildman–Crippen LogP) is 2.71. The van der Waals surface area contributed by atoms with Gasteiger partial charge in [-0.05, 0) is 54.2 Å². The molecule has 2 aliphatic rings. The van der Waals surface area contributed by atoms with Crippen LogP contribution in [-0.4, -0.2) is 40.0 Å². The smallest absolute Gasteiger partial charge is 0.273 e. The third kappa shape index (κ3) is 4.75. The van der Waals surface area contributed by atoms with E-state index >= 15 is 0 Å². The number of hydrogen-bond donors (Lipinski definition) is 4. The number of hydrogen-bond acceptors (Lipinski definition) is 9. The molecule has 37 heavy (non-hydrogen) atoms. The summed E-state index contributed by atoms with van der Waals surface area (Å²) in [5, 5.41) is 12.9. The number of phenolic OH excluding ortho intramolecular Hbond substituents is 1. The van der Waals surface area contributed by atoms with Crippen LogP contribution in [0.3, 0.4) is 0 Å². The zero-order valence-corrected chi connectivity index (χ0v) is 20.5. The Balaban J connectivity index is 1.64. The molecule has 3 aromatic rings. The van der Waals surface area contributed by atoms with Crippen LogP contribution < -0.4 is 31.2 Å². The number of nitrogen functional groups attached to an aromatic ring is 1. The van der Waals surface area contributed by atoms with E-state index in [1.165, 1.54) is 17.0 Å². The van der Waals surface area contributed by atoms with E-state index in [0.29, 0.717) is 22.7 Å². The molecule has 1 aromatic heterocycles. The van der Waals surface area contributed by atoms with Crippen molar-refractivity contribution >= 4 is 40.6 Å². The molecule has 1 aliphatic heterocycles. The van der Waals surface area contributed by atoms with Gasteiger partial charge in [0.05, 0.1) is 5.69 Å². The van der Waals surface area contributed by atoms with Crippen LogP contribution in [0.4, 0.5) is 11.4 Å². The van der Waals surface area contributed by atoms with Crippen LogP contribution in [0.5, 0.6) is 17.2 Å². The lowest BCUT2D eigenvalue weighted by molar-refractivity contribution is -0.123. The average molecular weight is 524 g/mol. The summed E-state index contributed by atoms with van der Waals surface area (Å²) < 4.78 is 14.9. The highest BCUT2D eigenvalue weighted by Crippen LogP contribution is 2.40. The van der Waals surface area contributed by atoms with Crippen molar-refractivity contribution in [2.75, 3.05) is 17.4 Å². The Hall–Kier alpha value is -4.32. The van der Waals surface area contributed by atoms with Crippen LogP contribution in [0.15, 0.2) is 42.5 Å². The normalized spacial score (nSPS) is 15.4. The molecule has 12 heteroatoms. The third-order valence-corrected chi connectivity index (χ3v) is 7.28. The van der Waals surface area contributed by atoms with Crippen molar-refractivity contribution in [3.63, 3.8) is 0 Å². The minimum absolute atomic E-state index is 0.0115. The summed E-state index contributed by atoms with van der Waals surface area (Å²) in [6.07, 6.45) is 3.70. The van der Waals surface area contributed by atoms with Crippen LogP contribution in [0.1, 0.15) is 57.4 Å². The maximum absolute atomic E-state index is 14.1. The number of rotatable bonds is 7. The van der Waals surface area contributed by atoms with Crippen LogP contribution in [-0.2, 0) is 4.79 Å². The fourth-order valence-electron chi connectivity index (χ4n) is 4.58. The van der Waals surface area contributed by atoms with Crippen LogP contribution in [0.25, 0.3) is 0 Å². The van der Waals surface area contributed by atoms with Gasteiger partial charge in [0.25, 0.3) is 11.8 Å². The molecule has 5 rings (SSSR count). The second-order valence-corrected chi connectivity index (χ2v) is 9.61. The minimum Gasteiger partial charge on any atom is -0.508 e. The topological polar surface area (TPSA) is 170 Å². The molecule has 1 fully saturated rings. The molecule has 1 saturated carbocycles. The third-order valence-electron chi connectivity index (χ3n) is 6.43. The van der Waals surface area contributed by atoms with Crippen molar-refractivity contribution in [3.8, 4) is 17.2 Å².